The zero-order valence-electron chi connectivity index (χ0n) is 10.4. The van der Waals surface area contributed by atoms with Crippen molar-refractivity contribution >= 4 is 5.69 Å². The summed E-state index contributed by atoms with van der Waals surface area (Å²) in [5, 5.41) is 0. The lowest BCUT2D eigenvalue weighted by Crippen LogP contribution is -2.43. The highest BCUT2D eigenvalue weighted by Gasteiger charge is 2.28. The number of hydrogen-bond acceptors (Lipinski definition) is 4. The number of halogens is 3. The second-order valence-electron chi connectivity index (χ2n) is 4.49. The molecule has 0 aliphatic carbocycles. The SMILES string of the molecule is FC(F)(F)CONC1CCN(c2ccncc2)CC1. The van der Waals surface area contributed by atoms with E-state index in [2.05, 4.69) is 20.2 Å². The Balaban J connectivity index is 1.71. The molecule has 0 aromatic carbocycles. The minimum Gasteiger partial charge on any atom is -0.371 e. The normalized spacial score (nSPS) is 17.7. The molecule has 0 atom stereocenters. The van der Waals surface area contributed by atoms with Gasteiger partial charge in [-0.2, -0.15) is 18.7 Å². The number of hydrogen-bond donors (Lipinski definition) is 1. The van der Waals surface area contributed by atoms with Crippen LogP contribution in [0.1, 0.15) is 12.8 Å². The summed E-state index contributed by atoms with van der Waals surface area (Å²) in [6.45, 7) is 0.325. The van der Waals surface area contributed by atoms with Crippen LogP contribution in [0.4, 0.5) is 18.9 Å². The first-order chi connectivity index (χ1) is 9.04. The Kier molecular flexibility index (Phi) is 4.60. The highest BCUT2D eigenvalue weighted by Crippen LogP contribution is 2.19. The van der Waals surface area contributed by atoms with E-state index in [1.807, 2.05) is 12.1 Å². The standard InChI is InChI=1S/C12H16F3N3O/c13-12(14,15)9-19-17-10-3-7-18(8-4-10)11-1-5-16-6-2-11/h1-2,5-6,10,17H,3-4,7-9H2. The number of nitrogens with one attached hydrogen (secondary N) is 1. The Bertz CT molecular complexity index is 378. The fraction of sp³-hybridized carbons (Fsp3) is 0.583. The van der Waals surface area contributed by atoms with Crippen molar-refractivity contribution in [2.75, 3.05) is 24.6 Å². The molecular formula is C12H16F3N3O. The molecule has 1 aliphatic rings. The minimum atomic E-state index is -4.29. The van der Waals surface area contributed by atoms with Gasteiger partial charge in [0.1, 0.15) is 0 Å². The van der Waals surface area contributed by atoms with Gasteiger partial charge in [0.2, 0.25) is 0 Å². The van der Waals surface area contributed by atoms with Crippen molar-refractivity contribution in [3.8, 4) is 0 Å². The summed E-state index contributed by atoms with van der Waals surface area (Å²) in [4.78, 5) is 10.6. The Morgan fingerprint density at radius 2 is 1.89 bits per heavy atom. The molecule has 2 rings (SSSR count). The van der Waals surface area contributed by atoms with Gasteiger partial charge >= 0.3 is 6.18 Å². The molecule has 0 spiro atoms. The number of alkyl halides is 3. The maximum atomic E-state index is 11.9. The predicted octanol–water partition coefficient (Wildman–Crippen LogP) is 2.13. The second kappa shape index (κ2) is 6.21. The Morgan fingerprint density at radius 1 is 1.26 bits per heavy atom. The van der Waals surface area contributed by atoms with Crippen LogP contribution in [-0.2, 0) is 4.84 Å². The molecule has 2 heterocycles. The van der Waals surface area contributed by atoms with E-state index in [9.17, 15) is 13.2 Å². The molecule has 0 saturated carbocycles. The van der Waals surface area contributed by atoms with Gasteiger partial charge in [0.15, 0.2) is 6.61 Å². The van der Waals surface area contributed by atoms with Crippen molar-refractivity contribution in [1.29, 1.82) is 0 Å². The van der Waals surface area contributed by atoms with Gasteiger partial charge in [-0.15, -0.1) is 0 Å². The Hall–Kier alpha value is -1.34. The Morgan fingerprint density at radius 3 is 2.47 bits per heavy atom. The van der Waals surface area contributed by atoms with Crippen molar-refractivity contribution in [3.63, 3.8) is 0 Å². The fourth-order valence-electron chi connectivity index (χ4n) is 2.05. The third kappa shape index (κ3) is 4.68. The molecule has 0 radical (unpaired) electrons. The number of anilines is 1. The lowest BCUT2D eigenvalue weighted by Gasteiger charge is -2.33. The van der Waals surface area contributed by atoms with E-state index in [-0.39, 0.29) is 6.04 Å². The predicted molar refractivity (Wildman–Crippen MR) is 64.6 cm³/mol. The number of nitrogens with zero attached hydrogens (tertiary/aromatic N) is 2. The largest absolute Gasteiger partial charge is 0.413 e. The van der Waals surface area contributed by atoms with Gasteiger partial charge in [-0.25, -0.2) is 0 Å². The summed E-state index contributed by atoms with van der Waals surface area (Å²) in [5.74, 6) is 0. The highest BCUT2D eigenvalue weighted by atomic mass is 19.4. The highest BCUT2D eigenvalue weighted by molar-refractivity contribution is 5.44. The molecule has 1 fully saturated rings. The Labute approximate surface area is 109 Å². The monoisotopic (exact) mass is 275 g/mol. The molecule has 1 aromatic heterocycles. The molecular weight excluding hydrogens is 259 g/mol. The zero-order chi connectivity index (χ0) is 13.7. The van der Waals surface area contributed by atoms with Crippen molar-refractivity contribution < 1.29 is 18.0 Å². The van der Waals surface area contributed by atoms with Crippen LogP contribution in [0.25, 0.3) is 0 Å². The smallest absolute Gasteiger partial charge is 0.371 e. The number of piperidine rings is 1. The van der Waals surface area contributed by atoms with E-state index in [0.717, 1.165) is 31.6 Å². The van der Waals surface area contributed by atoms with Crippen molar-refractivity contribution in [1.82, 2.24) is 10.5 Å². The quantitative estimate of drug-likeness (QED) is 0.854. The molecule has 0 bridgehead atoms. The number of pyridine rings is 1. The third-order valence-corrected chi connectivity index (χ3v) is 3.01. The van der Waals surface area contributed by atoms with Crippen molar-refractivity contribution in [3.05, 3.63) is 24.5 Å². The van der Waals surface area contributed by atoms with E-state index in [4.69, 9.17) is 0 Å². The van der Waals surface area contributed by atoms with E-state index in [0.29, 0.717) is 0 Å². The first-order valence-electron chi connectivity index (χ1n) is 6.13. The van der Waals surface area contributed by atoms with Crippen LogP contribution in [0, 0.1) is 0 Å². The van der Waals surface area contributed by atoms with Crippen LogP contribution in [0.2, 0.25) is 0 Å². The fourth-order valence-corrected chi connectivity index (χ4v) is 2.05. The van der Waals surface area contributed by atoms with Crippen LogP contribution in [0.5, 0.6) is 0 Å². The zero-order valence-corrected chi connectivity index (χ0v) is 10.4. The molecule has 0 amide bonds. The lowest BCUT2D eigenvalue weighted by atomic mass is 10.1. The van der Waals surface area contributed by atoms with E-state index >= 15 is 0 Å². The average molecular weight is 275 g/mol. The second-order valence-corrected chi connectivity index (χ2v) is 4.49. The van der Waals surface area contributed by atoms with Gasteiger partial charge in [-0.3, -0.25) is 9.82 Å². The van der Waals surface area contributed by atoms with Crippen molar-refractivity contribution in [2.45, 2.75) is 25.1 Å². The van der Waals surface area contributed by atoms with Crippen molar-refractivity contribution in [2.24, 2.45) is 0 Å². The van der Waals surface area contributed by atoms with E-state index in [1.54, 1.807) is 12.4 Å². The molecule has 4 nitrogen and oxygen atoms in total. The molecule has 7 heteroatoms. The van der Waals surface area contributed by atoms with Crippen LogP contribution in [0.3, 0.4) is 0 Å². The maximum absolute atomic E-state index is 11.9. The van der Waals surface area contributed by atoms with Crippen LogP contribution in [-0.4, -0.2) is 36.9 Å². The van der Waals surface area contributed by atoms with E-state index in [1.165, 1.54) is 0 Å². The van der Waals surface area contributed by atoms with Gasteiger partial charge in [0, 0.05) is 37.2 Å². The first-order valence-corrected chi connectivity index (χ1v) is 6.13. The van der Waals surface area contributed by atoms with Gasteiger partial charge in [-0.05, 0) is 25.0 Å². The molecule has 19 heavy (non-hydrogen) atoms. The van der Waals surface area contributed by atoms with Crippen LogP contribution in [0.15, 0.2) is 24.5 Å². The molecule has 0 unspecified atom stereocenters. The molecule has 1 aliphatic heterocycles. The summed E-state index contributed by atoms with van der Waals surface area (Å²) < 4.78 is 35.7. The van der Waals surface area contributed by atoms with Crippen LogP contribution >= 0.6 is 0 Å². The van der Waals surface area contributed by atoms with Gasteiger partial charge < -0.3 is 4.90 Å². The minimum absolute atomic E-state index is 0.0274. The number of rotatable bonds is 4. The summed E-state index contributed by atoms with van der Waals surface area (Å²) in [6, 6.07) is 3.82. The summed E-state index contributed by atoms with van der Waals surface area (Å²) in [6.07, 6.45) is 0.670. The lowest BCUT2D eigenvalue weighted by molar-refractivity contribution is -0.193. The van der Waals surface area contributed by atoms with Crippen LogP contribution < -0.4 is 10.4 Å². The number of hydroxylamine groups is 1. The molecule has 1 saturated heterocycles. The molecule has 1 aromatic rings. The van der Waals surface area contributed by atoms with Gasteiger partial charge in [-0.1, -0.05) is 0 Å². The van der Waals surface area contributed by atoms with E-state index < -0.39 is 12.8 Å². The molecule has 1 N–H and O–H groups in total. The summed E-state index contributed by atoms with van der Waals surface area (Å²) in [5.41, 5.74) is 3.58. The van der Waals surface area contributed by atoms with Gasteiger partial charge in [0.25, 0.3) is 0 Å². The summed E-state index contributed by atoms with van der Waals surface area (Å²) >= 11 is 0. The average Bonchev–Trinajstić information content (AvgIpc) is 2.39. The topological polar surface area (TPSA) is 37.4 Å². The maximum Gasteiger partial charge on any atom is 0.413 e. The van der Waals surface area contributed by atoms with Gasteiger partial charge in [0.05, 0.1) is 0 Å². The number of aromatic nitrogens is 1. The molecule has 106 valence electrons. The first kappa shape index (κ1) is 14.1. The third-order valence-electron chi connectivity index (χ3n) is 3.01. The summed E-state index contributed by atoms with van der Waals surface area (Å²) in [7, 11) is 0.